The lowest BCUT2D eigenvalue weighted by Crippen LogP contribution is -2.35. The van der Waals surface area contributed by atoms with Gasteiger partial charge in [-0.25, -0.2) is 8.42 Å². The predicted molar refractivity (Wildman–Crippen MR) is 82.3 cm³/mol. The van der Waals surface area contributed by atoms with Gasteiger partial charge >= 0.3 is 0 Å². The molecule has 2 fully saturated rings. The van der Waals surface area contributed by atoms with Crippen molar-refractivity contribution in [1.82, 2.24) is 9.29 Å². The van der Waals surface area contributed by atoms with Crippen molar-refractivity contribution in [2.24, 2.45) is 5.92 Å². The number of aromatic nitrogens is 1. The zero-order valence-corrected chi connectivity index (χ0v) is 13.6. The molecule has 0 amide bonds. The summed E-state index contributed by atoms with van der Waals surface area (Å²) in [6.07, 6.45) is 3.17. The molecule has 6 nitrogen and oxygen atoms in total. The average molecular weight is 326 g/mol. The Bertz CT molecular complexity index is 614. The molecule has 0 aromatic carbocycles. The summed E-state index contributed by atoms with van der Waals surface area (Å²) < 4.78 is 37.6. The van der Waals surface area contributed by atoms with Crippen molar-refractivity contribution in [1.29, 1.82) is 0 Å². The van der Waals surface area contributed by atoms with Gasteiger partial charge in [0.15, 0.2) is 0 Å². The summed E-state index contributed by atoms with van der Waals surface area (Å²) in [6.45, 7) is 4.07. The standard InChI is InChI=1S/C15H22N2O4S/c1-12-15(3-2-6-16-12)21-14-4-7-17(9-14)22(18,19)11-13-5-8-20-10-13/h2-3,6,13-14H,4-5,7-11H2,1H3/t13-,14-/m0/s1. The highest BCUT2D eigenvalue weighted by atomic mass is 32.2. The van der Waals surface area contributed by atoms with Crippen molar-refractivity contribution in [3.8, 4) is 5.75 Å². The molecular weight excluding hydrogens is 304 g/mol. The van der Waals surface area contributed by atoms with E-state index in [2.05, 4.69) is 4.98 Å². The maximum atomic E-state index is 12.5. The third-order valence-corrected chi connectivity index (χ3v) is 6.23. The van der Waals surface area contributed by atoms with Gasteiger partial charge in [0.1, 0.15) is 11.9 Å². The van der Waals surface area contributed by atoms with Crippen LogP contribution in [0.1, 0.15) is 18.5 Å². The highest BCUT2D eigenvalue weighted by Crippen LogP contribution is 2.24. The number of nitrogens with zero attached hydrogens (tertiary/aromatic N) is 2. The Labute approximate surface area is 131 Å². The Kier molecular flexibility index (Phi) is 4.65. The van der Waals surface area contributed by atoms with E-state index in [1.807, 2.05) is 19.1 Å². The van der Waals surface area contributed by atoms with Gasteiger partial charge in [0.2, 0.25) is 10.0 Å². The molecule has 3 rings (SSSR count). The van der Waals surface area contributed by atoms with Gasteiger partial charge in [0, 0.05) is 19.3 Å². The topological polar surface area (TPSA) is 68.7 Å². The molecule has 122 valence electrons. The maximum absolute atomic E-state index is 12.5. The highest BCUT2D eigenvalue weighted by Gasteiger charge is 2.35. The minimum atomic E-state index is -3.22. The van der Waals surface area contributed by atoms with E-state index in [0.717, 1.165) is 17.9 Å². The summed E-state index contributed by atoms with van der Waals surface area (Å²) in [5, 5.41) is 0. The second-order valence-corrected chi connectivity index (χ2v) is 8.00. The van der Waals surface area contributed by atoms with Crippen molar-refractivity contribution < 1.29 is 17.9 Å². The quantitative estimate of drug-likeness (QED) is 0.813. The normalized spacial score (nSPS) is 26.4. The van der Waals surface area contributed by atoms with E-state index in [1.165, 1.54) is 0 Å². The lowest BCUT2D eigenvalue weighted by atomic mass is 10.2. The summed E-state index contributed by atoms with van der Waals surface area (Å²) in [4.78, 5) is 4.19. The number of sulfonamides is 1. The Morgan fingerprint density at radius 3 is 3.05 bits per heavy atom. The van der Waals surface area contributed by atoms with Crippen LogP contribution in [0.4, 0.5) is 0 Å². The summed E-state index contributed by atoms with van der Waals surface area (Å²) >= 11 is 0. The molecule has 0 N–H and O–H groups in total. The lowest BCUT2D eigenvalue weighted by molar-refractivity contribution is 0.188. The molecule has 22 heavy (non-hydrogen) atoms. The number of hydrogen-bond acceptors (Lipinski definition) is 5. The van der Waals surface area contributed by atoms with Gasteiger partial charge in [-0.05, 0) is 37.8 Å². The van der Waals surface area contributed by atoms with Crippen molar-refractivity contribution in [2.75, 3.05) is 32.1 Å². The van der Waals surface area contributed by atoms with Crippen LogP contribution >= 0.6 is 0 Å². The molecule has 2 atom stereocenters. The Hall–Kier alpha value is -1.18. The summed E-state index contributed by atoms with van der Waals surface area (Å²) in [6, 6.07) is 3.70. The second-order valence-electron chi connectivity index (χ2n) is 5.98. The van der Waals surface area contributed by atoms with Crippen LogP contribution in [0.5, 0.6) is 5.75 Å². The van der Waals surface area contributed by atoms with Crippen LogP contribution in [0, 0.1) is 12.8 Å². The van der Waals surface area contributed by atoms with Crippen molar-refractivity contribution in [3.05, 3.63) is 24.0 Å². The van der Waals surface area contributed by atoms with Crippen LogP contribution in [0.25, 0.3) is 0 Å². The Morgan fingerprint density at radius 1 is 1.45 bits per heavy atom. The van der Waals surface area contributed by atoms with E-state index in [0.29, 0.717) is 32.7 Å². The van der Waals surface area contributed by atoms with E-state index in [4.69, 9.17) is 9.47 Å². The molecule has 2 aliphatic heterocycles. The largest absolute Gasteiger partial charge is 0.487 e. The third-order valence-electron chi connectivity index (χ3n) is 4.22. The summed E-state index contributed by atoms with van der Waals surface area (Å²) in [7, 11) is -3.22. The van der Waals surface area contributed by atoms with Crippen molar-refractivity contribution in [3.63, 3.8) is 0 Å². The van der Waals surface area contributed by atoms with E-state index in [1.54, 1.807) is 10.5 Å². The van der Waals surface area contributed by atoms with Crippen LogP contribution in [0.3, 0.4) is 0 Å². The van der Waals surface area contributed by atoms with Crippen molar-refractivity contribution in [2.45, 2.75) is 25.9 Å². The van der Waals surface area contributed by atoms with Crippen molar-refractivity contribution >= 4 is 10.0 Å². The molecule has 7 heteroatoms. The van der Waals surface area contributed by atoms with Crippen LogP contribution in [0.15, 0.2) is 18.3 Å². The van der Waals surface area contributed by atoms with E-state index >= 15 is 0 Å². The predicted octanol–water partition coefficient (Wildman–Crippen LogP) is 1.21. The average Bonchev–Trinajstić information content (AvgIpc) is 3.13. The number of pyridine rings is 1. The fourth-order valence-corrected chi connectivity index (χ4v) is 4.78. The second kappa shape index (κ2) is 6.52. The number of aryl methyl sites for hydroxylation is 1. The number of rotatable bonds is 5. The summed E-state index contributed by atoms with van der Waals surface area (Å²) in [5.74, 6) is 1.05. The molecule has 0 radical (unpaired) electrons. The highest BCUT2D eigenvalue weighted by molar-refractivity contribution is 7.89. The van der Waals surface area contributed by atoms with Gasteiger partial charge in [-0.2, -0.15) is 4.31 Å². The monoisotopic (exact) mass is 326 g/mol. The van der Waals surface area contributed by atoms with Gasteiger partial charge in [0.05, 0.1) is 24.6 Å². The fraction of sp³-hybridized carbons (Fsp3) is 0.667. The maximum Gasteiger partial charge on any atom is 0.214 e. The van der Waals surface area contributed by atoms with E-state index in [-0.39, 0.29) is 17.8 Å². The molecular formula is C15H22N2O4S. The summed E-state index contributed by atoms with van der Waals surface area (Å²) in [5.41, 5.74) is 0.826. The van der Waals surface area contributed by atoms with Gasteiger partial charge in [0.25, 0.3) is 0 Å². The molecule has 0 spiro atoms. The van der Waals surface area contributed by atoms with Crippen LogP contribution in [-0.2, 0) is 14.8 Å². The van der Waals surface area contributed by atoms with Gasteiger partial charge in [-0.1, -0.05) is 0 Å². The van der Waals surface area contributed by atoms with Gasteiger partial charge < -0.3 is 9.47 Å². The zero-order chi connectivity index (χ0) is 15.6. The Balaban J connectivity index is 1.58. The molecule has 1 aromatic heterocycles. The molecule has 0 unspecified atom stereocenters. The SMILES string of the molecule is Cc1ncccc1O[C@H]1CCN(S(=O)(=O)C[C@H]2CCOC2)C1. The molecule has 2 saturated heterocycles. The molecule has 0 saturated carbocycles. The van der Waals surface area contributed by atoms with Crippen LogP contribution < -0.4 is 4.74 Å². The minimum absolute atomic E-state index is 0.0995. The minimum Gasteiger partial charge on any atom is -0.487 e. The lowest BCUT2D eigenvalue weighted by Gasteiger charge is -2.19. The van der Waals surface area contributed by atoms with Gasteiger partial charge in [-0.15, -0.1) is 0 Å². The first kappa shape index (κ1) is 15.7. The van der Waals surface area contributed by atoms with Gasteiger partial charge in [-0.3, -0.25) is 4.98 Å². The molecule has 2 aliphatic rings. The number of hydrogen-bond donors (Lipinski definition) is 0. The number of ether oxygens (including phenoxy) is 2. The Morgan fingerprint density at radius 2 is 2.32 bits per heavy atom. The first-order valence-electron chi connectivity index (χ1n) is 7.68. The first-order chi connectivity index (χ1) is 10.5. The van der Waals surface area contributed by atoms with E-state index in [9.17, 15) is 8.42 Å². The molecule has 0 bridgehead atoms. The van der Waals surface area contributed by atoms with E-state index < -0.39 is 10.0 Å². The molecule has 0 aliphatic carbocycles. The smallest absolute Gasteiger partial charge is 0.214 e. The third kappa shape index (κ3) is 3.59. The first-order valence-corrected chi connectivity index (χ1v) is 9.29. The molecule has 3 heterocycles. The zero-order valence-electron chi connectivity index (χ0n) is 12.8. The fourth-order valence-electron chi connectivity index (χ4n) is 2.94. The van der Waals surface area contributed by atoms with Crippen LogP contribution in [-0.4, -0.2) is 55.9 Å². The molecule has 1 aromatic rings. The van der Waals surface area contributed by atoms with Crippen LogP contribution in [0.2, 0.25) is 0 Å².